The summed E-state index contributed by atoms with van der Waals surface area (Å²) >= 11 is 6.02. The zero-order valence-electron chi connectivity index (χ0n) is 15.2. The van der Waals surface area contributed by atoms with Crippen LogP contribution in [0.2, 0.25) is 5.02 Å². The molecule has 2 aromatic rings. The molecule has 0 saturated carbocycles. The fourth-order valence-electron chi connectivity index (χ4n) is 3.23. The number of hydrogen-bond donors (Lipinski definition) is 0. The topological polar surface area (TPSA) is 79.3 Å². The van der Waals surface area contributed by atoms with Crippen LogP contribution in [-0.2, 0) is 25.9 Å². The molecule has 0 aromatic heterocycles. The minimum absolute atomic E-state index is 0.0851. The minimum Gasteiger partial charge on any atom is -0.378 e. The van der Waals surface area contributed by atoms with E-state index in [4.69, 9.17) is 16.3 Å². The molecule has 2 aliphatic rings. The Morgan fingerprint density at radius 3 is 2.66 bits per heavy atom. The monoisotopic (exact) mass is 437 g/mol. The molecule has 7 nitrogen and oxygen atoms in total. The number of halogens is 2. The molecular weight excluding hydrogens is 421 g/mol. The van der Waals surface area contributed by atoms with E-state index in [1.807, 2.05) is 0 Å². The second-order valence-corrected chi connectivity index (χ2v) is 8.88. The highest BCUT2D eigenvalue weighted by Gasteiger charge is 2.40. The molecule has 1 amide bonds. The Bertz CT molecular complexity index is 1100. The van der Waals surface area contributed by atoms with Gasteiger partial charge in [0.05, 0.1) is 25.4 Å². The number of nitrogens with zero attached hydrogens (tertiary/aromatic N) is 3. The van der Waals surface area contributed by atoms with Gasteiger partial charge in [-0.05, 0) is 35.9 Å². The predicted octanol–water partition coefficient (Wildman–Crippen LogP) is 2.45. The van der Waals surface area contributed by atoms with Crippen molar-refractivity contribution in [3.63, 3.8) is 0 Å². The number of hydrogen-bond acceptors (Lipinski definition) is 6. The van der Waals surface area contributed by atoms with E-state index in [9.17, 15) is 17.6 Å². The highest BCUT2D eigenvalue weighted by molar-refractivity contribution is 8.08. The summed E-state index contributed by atoms with van der Waals surface area (Å²) < 4.78 is 45.1. The fraction of sp³-hybridized carbons (Fsp3) is 0.263. The second kappa shape index (κ2) is 7.74. The third-order valence-electron chi connectivity index (χ3n) is 4.66. The van der Waals surface area contributed by atoms with Crippen LogP contribution >= 0.6 is 11.6 Å². The second-order valence-electron chi connectivity index (χ2n) is 6.61. The van der Waals surface area contributed by atoms with Gasteiger partial charge < -0.3 is 9.64 Å². The van der Waals surface area contributed by atoms with Crippen LogP contribution in [0.4, 0.5) is 10.1 Å². The van der Waals surface area contributed by atoms with Gasteiger partial charge in [0.15, 0.2) is 0 Å². The number of amides is 1. The third kappa shape index (κ3) is 3.85. The molecule has 0 bridgehead atoms. The molecule has 4 rings (SSSR count). The first-order valence-electron chi connectivity index (χ1n) is 8.88. The van der Waals surface area contributed by atoms with Crippen LogP contribution in [0.5, 0.6) is 0 Å². The number of morpholine rings is 1. The Labute approximate surface area is 172 Å². The molecule has 29 heavy (non-hydrogen) atoms. The number of rotatable bonds is 3. The zero-order chi connectivity index (χ0) is 20.6. The highest BCUT2D eigenvalue weighted by Crippen LogP contribution is 2.35. The maximum atomic E-state index is 13.6. The maximum Gasteiger partial charge on any atom is 0.286 e. The van der Waals surface area contributed by atoms with Crippen LogP contribution in [0.1, 0.15) is 5.56 Å². The zero-order valence-corrected chi connectivity index (χ0v) is 16.8. The quantitative estimate of drug-likeness (QED) is 0.737. The number of fused-ring (bicyclic) bond motifs is 1. The standard InChI is InChI=1S/C19H17ClFN3O4S/c20-14-4-5-16-17(11-14)29(26,27)18(19(25)23-6-8-28-9-7-23)22-24(16)12-13-2-1-3-15(21)10-13/h1-5,10-11H,6-9,12H2. The average molecular weight is 438 g/mol. The average Bonchev–Trinajstić information content (AvgIpc) is 2.70. The molecule has 0 N–H and O–H groups in total. The van der Waals surface area contributed by atoms with Gasteiger partial charge in [-0.15, -0.1) is 0 Å². The van der Waals surface area contributed by atoms with E-state index in [0.29, 0.717) is 18.8 Å². The van der Waals surface area contributed by atoms with E-state index in [0.717, 1.165) is 0 Å². The molecular formula is C19H17ClFN3O4S. The van der Waals surface area contributed by atoms with Gasteiger partial charge in [0.25, 0.3) is 5.91 Å². The number of anilines is 1. The Kier molecular flexibility index (Phi) is 5.28. The van der Waals surface area contributed by atoms with E-state index >= 15 is 0 Å². The van der Waals surface area contributed by atoms with Crippen LogP contribution < -0.4 is 5.01 Å². The smallest absolute Gasteiger partial charge is 0.286 e. The molecule has 10 heteroatoms. The van der Waals surface area contributed by atoms with Gasteiger partial charge in [-0.3, -0.25) is 9.80 Å². The molecule has 0 unspecified atom stereocenters. The van der Waals surface area contributed by atoms with Gasteiger partial charge in [0.1, 0.15) is 10.7 Å². The summed E-state index contributed by atoms with van der Waals surface area (Å²) in [6.45, 7) is 1.30. The van der Waals surface area contributed by atoms with Crippen molar-refractivity contribution < 1.29 is 22.3 Å². The first kappa shape index (κ1) is 19.8. The summed E-state index contributed by atoms with van der Waals surface area (Å²) in [7, 11) is -4.17. The fourth-order valence-corrected chi connectivity index (χ4v) is 4.97. The Balaban J connectivity index is 1.79. The summed E-state index contributed by atoms with van der Waals surface area (Å²) in [5.74, 6) is -1.11. The molecule has 0 atom stereocenters. The number of carbonyl (C=O) groups is 1. The number of hydrazone groups is 1. The number of carbonyl (C=O) groups excluding carboxylic acids is 1. The van der Waals surface area contributed by atoms with Crippen molar-refractivity contribution in [3.05, 3.63) is 58.9 Å². The third-order valence-corrected chi connectivity index (χ3v) is 6.56. The molecule has 2 aromatic carbocycles. The lowest BCUT2D eigenvalue weighted by molar-refractivity contribution is -0.127. The molecule has 1 saturated heterocycles. The normalized spacial score (nSPS) is 18.2. The van der Waals surface area contributed by atoms with Gasteiger partial charge in [-0.25, -0.2) is 12.8 Å². The van der Waals surface area contributed by atoms with E-state index in [1.54, 1.807) is 18.2 Å². The van der Waals surface area contributed by atoms with E-state index in [1.165, 1.54) is 34.2 Å². The van der Waals surface area contributed by atoms with E-state index < -0.39 is 26.6 Å². The number of ether oxygens (including phenoxy) is 1. The number of benzene rings is 2. The summed E-state index contributed by atoms with van der Waals surface area (Å²) in [6.07, 6.45) is 0. The van der Waals surface area contributed by atoms with Crippen LogP contribution in [0.25, 0.3) is 0 Å². The van der Waals surface area contributed by atoms with Crippen molar-refractivity contribution in [3.8, 4) is 0 Å². The van der Waals surface area contributed by atoms with Crippen molar-refractivity contribution in [2.75, 3.05) is 31.3 Å². The molecule has 1 fully saturated rings. The highest BCUT2D eigenvalue weighted by atomic mass is 35.5. The van der Waals surface area contributed by atoms with Gasteiger partial charge >= 0.3 is 0 Å². The van der Waals surface area contributed by atoms with E-state index in [-0.39, 0.29) is 35.2 Å². The van der Waals surface area contributed by atoms with Crippen molar-refractivity contribution in [2.45, 2.75) is 11.4 Å². The molecule has 0 aliphatic carbocycles. The van der Waals surface area contributed by atoms with Crippen molar-refractivity contribution in [2.24, 2.45) is 5.10 Å². The Morgan fingerprint density at radius 2 is 1.93 bits per heavy atom. The lowest BCUT2D eigenvalue weighted by atomic mass is 10.2. The van der Waals surface area contributed by atoms with Crippen LogP contribution in [0, 0.1) is 5.82 Å². The maximum absolute atomic E-state index is 13.6. The largest absolute Gasteiger partial charge is 0.378 e. The Hall–Kier alpha value is -2.49. The number of sulfone groups is 1. The van der Waals surface area contributed by atoms with Gasteiger partial charge in [-0.1, -0.05) is 23.7 Å². The lowest BCUT2D eigenvalue weighted by Gasteiger charge is -2.31. The minimum atomic E-state index is -4.17. The molecule has 0 radical (unpaired) electrons. The van der Waals surface area contributed by atoms with Gasteiger partial charge in [0, 0.05) is 18.1 Å². The molecule has 0 spiro atoms. The SMILES string of the molecule is O=C(C1=NN(Cc2cccc(F)c2)c2ccc(Cl)cc2S1(=O)=O)N1CCOCC1. The van der Waals surface area contributed by atoms with Crippen molar-refractivity contribution >= 4 is 38.1 Å². The first-order valence-corrected chi connectivity index (χ1v) is 10.7. The summed E-state index contributed by atoms with van der Waals surface area (Å²) in [5, 5.41) is 5.20. The summed E-state index contributed by atoms with van der Waals surface area (Å²) in [4.78, 5) is 14.3. The van der Waals surface area contributed by atoms with Crippen molar-refractivity contribution in [1.29, 1.82) is 0 Å². The summed E-state index contributed by atoms with van der Waals surface area (Å²) in [5.41, 5.74) is 0.851. The Morgan fingerprint density at radius 1 is 1.17 bits per heavy atom. The molecule has 2 heterocycles. The van der Waals surface area contributed by atoms with Crippen molar-refractivity contribution in [1.82, 2.24) is 4.90 Å². The van der Waals surface area contributed by atoms with Gasteiger partial charge in [0.2, 0.25) is 14.9 Å². The van der Waals surface area contributed by atoms with Crippen LogP contribution in [0.15, 0.2) is 52.5 Å². The predicted molar refractivity (Wildman–Crippen MR) is 106 cm³/mol. The molecule has 2 aliphatic heterocycles. The van der Waals surface area contributed by atoms with Crippen LogP contribution in [0.3, 0.4) is 0 Å². The first-order chi connectivity index (χ1) is 13.9. The van der Waals surface area contributed by atoms with Crippen LogP contribution in [-0.4, -0.2) is 50.6 Å². The van der Waals surface area contributed by atoms with E-state index in [2.05, 4.69) is 5.10 Å². The lowest BCUT2D eigenvalue weighted by Crippen LogP contribution is -2.47. The summed E-state index contributed by atoms with van der Waals surface area (Å²) in [6, 6.07) is 10.3. The van der Waals surface area contributed by atoms with Gasteiger partial charge in [-0.2, -0.15) is 5.10 Å². The molecule has 152 valence electrons.